The summed E-state index contributed by atoms with van der Waals surface area (Å²) in [7, 11) is -1.69. The molecular formula is C17H27ClN4O3S. The lowest BCUT2D eigenvalue weighted by Crippen LogP contribution is -2.50. The third-order valence-electron chi connectivity index (χ3n) is 4.00. The Kier molecular flexibility index (Phi) is 7.69. The molecule has 9 heteroatoms. The van der Waals surface area contributed by atoms with E-state index in [0.717, 1.165) is 5.56 Å². The van der Waals surface area contributed by atoms with Crippen LogP contribution in [0.5, 0.6) is 0 Å². The van der Waals surface area contributed by atoms with E-state index in [1.54, 1.807) is 7.05 Å². The van der Waals surface area contributed by atoms with Crippen LogP contribution >= 0.6 is 11.6 Å². The number of sulfonamides is 1. The fraction of sp³-hybridized carbons (Fsp3) is 0.588. The topological polar surface area (TPSA) is 83.0 Å². The second-order valence-electron chi connectivity index (χ2n) is 6.37. The zero-order valence-electron chi connectivity index (χ0n) is 15.4. The summed E-state index contributed by atoms with van der Waals surface area (Å²) in [5.74, 6) is 0.550. The first-order chi connectivity index (χ1) is 12.3. The van der Waals surface area contributed by atoms with Crippen LogP contribution in [-0.4, -0.2) is 63.3 Å². The highest BCUT2D eigenvalue weighted by Gasteiger charge is 2.30. The van der Waals surface area contributed by atoms with Crippen molar-refractivity contribution in [1.29, 1.82) is 0 Å². The third kappa shape index (κ3) is 6.42. The molecule has 2 unspecified atom stereocenters. The van der Waals surface area contributed by atoms with Gasteiger partial charge in [-0.15, -0.1) is 0 Å². The van der Waals surface area contributed by atoms with Crippen molar-refractivity contribution in [3.63, 3.8) is 0 Å². The number of morpholine rings is 1. The molecule has 0 saturated carbocycles. The second-order valence-corrected chi connectivity index (χ2v) is 8.90. The number of nitrogens with one attached hydrogen (secondary N) is 2. The van der Waals surface area contributed by atoms with Crippen LogP contribution in [-0.2, 0) is 21.3 Å². The number of halogens is 1. The van der Waals surface area contributed by atoms with Gasteiger partial charge in [-0.25, -0.2) is 8.42 Å². The van der Waals surface area contributed by atoms with Gasteiger partial charge in [0.15, 0.2) is 5.96 Å². The van der Waals surface area contributed by atoms with Gasteiger partial charge in [0.2, 0.25) is 10.0 Å². The first kappa shape index (κ1) is 21.0. The lowest BCUT2D eigenvalue weighted by atomic mass is 10.2. The van der Waals surface area contributed by atoms with E-state index in [1.807, 2.05) is 38.1 Å². The van der Waals surface area contributed by atoms with Crippen LogP contribution in [0.15, 0.2) is 29.3 Å². The molecule has 0 bridgehead atoms. The summed E-state index contributed by atoms with van der Waals surface area (Å²) in [6, 6.07) is 7.52. The van der Waals surface area contributed by atoms with E-state index in [0.29, 0.717) is 30.6 Å². The highest BCUT2D eigenvalue weighted by molar-refractivity contribution is 7.89. The minimum Gasteiger partial charge on any atom is -0.373 e. The molecule has 0 spiro atoms. The van der Waals surface area contributed by atoms with Gasteiger partial charge in [-0.05, 0) is 31.5 Å². The molecule has 1 heterocycles. The molecule has 1 aliphatic heterocycles. The van der Waals surface area contributed by atoms with Crippen molar-refractivity contribution in [1.82, 2.24) is 14.9 Å². The molecule has 1 aromatic carbocycles. The van der Waals surface area contributed by atoms with E-state index in [-0.39, 0.29) is 24.5 Å². The number of nitrogens with zero attached hydrogens (tertiary/aromatic N) is 2. The second kappa shape index (κ2) is 9.55. The van der Waals surface area contributed by atoms with Gasteiger partial charge in [0, 0.05) is 38.2 Å². The maximum Gasteiger partial charge on any atom is 0.216 e. The number of aliphatic imine (C=N–C) groups is 1. The van der Waals surface area contributed by atoms with Crippen molar-refractivity contribution in [2.45, 2.75) is 32.6 Å². The minimum absolute atomic E-state index is 0.00427. The van der Waals surface area contributed by atoms with Crippen LogP contribution in [0.3, 0.4) is 0 Å². The van der Waals surface area contributed by atoms with Gasteiger partial charge in [-0.3, -0.25) is 4.99 Å². The maximum absolute atomic E-state index is 12.5. The molecule has 7 nitrogen and oxygen atoms in total. The number of benzene rings is 1. The number of hydrogen-bond acceptors (Lipinski definition) is 4. The van der Waals surface area contributed by atoms with Gasteiger partial charge in [-0.1, -0.05) is 23.7 Å². The number of hydrogen-bond donors (Lipinski definition) is 2. The molecule has 0 radical (unpaired) electrons. The quantitative estimate of drug-likeness (QED) is 0.555. The summed E-state index contributed by atoms with van der Waals surface area (Å²) >= 11 is 5.97. The Labute approximate surface area is 160 Å². The Morgan fingerprint density at radius 1 is 1.31 bits per heavy atom. The predicted octanol–water partition coefficient (Wildman–Crippen LogP) is 1.44. The van der Waals surface area contributed by atoms with Crippen molar-refractivity contribution < 1.29 is 13.2 Å². The lowest BCUT2D eigenvalue weighted by molar-refractivity contribution is -0.0440. The Hall–Kier alpha value is -1.35. The molecule has 0 aromatic heterocycles. The summed E-state index contributed by atoms with van der Waals surface area (Å²) < 4.78 is 32.1. The zero-order valence-corrected chi connectivity index (χ0v) is 17.0. The van der Waals surface area contributed by atoms with E-state index in [1.165, 1.54) is 4.31 Å². The van der Waals surface area contributed by atoms with E-state index in [9.17, 15) is 8.42 Å². The summed E-state index contributed by atoms with van der Waals surface area (Å²) in [6.07, 6.45) is -0.178. The molecular weight excluding hydrogens is 376 g/mol. The van der Waals surface area contributed by atoms with Crippen molar-refractivity contribution in [3.05, 3.63) is 34.9 Å². The molecule has 2 rings (SSSR count). The number of rotatable bonds is 6. The monoisotopic (exact) mass is 402 g/mol. The Morgan fingerprint density at radius 2 is 2.00 bits per heavy atom. The normalized spacial score (nSPS) is 22.2. The average molecular weight is 403 g/mol. The molecule has 0 amide bonds. The highest BCUT2D eigenvalue weighted by Crippen LogP contribution is 2.14. The minimum atomic E-state index is -3.34. The van der Waals surface area contributed by atoms with Crippen molar-refractivity contribution >= 4 is 27.6 Å². The number of guanidine groups is 1. The number of ether oxygens (including phenoxy) is 1. The van der Waals surface area contributed by atoms with Crippen molar-refractivity contribution in [2.75, 3.05) is 32.4 Å². The van der Waals surface area contributed by atoms with Gasteiger partial charge in [0.1, 0.15) is 0 Å². The fourth-order valence-corrected chi connectivity index (χ4v) is 4.54. The van der Waals surface area contributed by atoms with Crippen LogP contribution in [0.4, 0.5) is 0 Å². The molecule has 1 saturated heterocycles. The molecule has 1 aliphatic rings. The summed E-state index contributed by atoms with van der Waals surface area (Å²) in [6.45, 7) is 5.39. The van der Waals surface area contributed by atoms with Gasteiger partial charge in [-0.2, -0.15) is 4.31 Å². The molecule has 0 aliphatic carbocycles. The zero-order chi connectivity index (χ0) is 19.2. The first-order valence-electron chi connectivity index (χ1n) is 8.62. The Balaban J connectivity index is 1.81. The summed E-state index contributed by atoms with van der Waals surface area (Å²) in [5.41, 5.74) is 1.02. The molecule has 1 aromatic rings. The van der Waals surface area contributed by atoms with E-state index in [4.69, 9.17) is 16.3 Å². The Bertz CT molecular complexity index is 716. The van der Waals surface area contributed by atoms with E-state index in [2.05, 4.69) is 15.6 Å². The third-order valence-corrected chi connectivity index (χ3v) is 6.04. The fourth-order valence-electron chi connectivity index (χ4n) is 2.84. The van der Waals surface area contributed by atoms with Crippen molar-refractivity contribution in [2.24, 2.45) is 4.99 Å². The molecule has 2 N–H and O–H groups in total. The van der Waals surface area contributed by atoms with Gasteiger partial charge < -0.3 is 15.4 Å². The van der Waals surface area contributed by atoms with Gasteiger partial charge in [0.05, 0.1) is 18.0 Å². The van der Waals surface area contributed by atoms with Crippen LogP contribution in [0, 0.1) is 0 Å². The van der Waals surface area contributed by atoms with E-state index >= 15 is 0 Å². The van der Waals surface area contributed by atoms with Crippen LogP contribution in [0.1, 0.15) is 19.4 Å². The van der Waals surface area contributed by atoms with Crippen molar-refractivity contribution in [3.8, 4) is 0 Å². The average Bonchev–Trinajstić information content (AvgIpc) is 2.57. The molecule has 1 fully saturated rings. The molecule has 146 valence electrons. The molecule has 2 atom stereocenters. The maximum atomic E-state index is 12.5. The van der Waals surface area contributed by atoms with Crippen LogP contribution in [0.25, 0.3) is 0 Å². The predicted molar refractivity (Wildman–Crippen MR) is 105 cm³/mol. The van der Waals surface area contributed by atoms with Gasteiger partial charge in [0.25, 0.3) is 0 Å². The SMILES string of the molecule is CN=C(NCCS(=O)(=O)N1CC(C)OC(C)C1)NCc1cccc(Cl)c1. The van der Waals surface area contributed by atoms with E-state index < -0.39 is 10.0 Å². The Morgan fingerprint density at radius 3 is 2.62 bits per heavy atom. The summed E-state index contributed by atoms with van der Waals surface area (Å²) in [5, 5.41) is 6.86. The smallest absolute Gasteiger partial charge is 0.216 e. The standard InChI is InChI=1S/C17H27ClN4O3S/c1-13-11-22(12-14(2)25-13)26(23,24)8-7-20-17(19-3)21-10-15-5-4-6-16(18)9-15/h4-6,9,13-14H,7-8,10-12H2,1-3H3,(H2,19,20,21). The first-order valence-corrected chi connectivity index (χ1v) is 10.6. The molecule has 26 heavy (non-hydrogen) atoms. The lowest BCUT2D eigenvalue weighted by Gasteiger charge is -2.34. The van der Waals surface area contributed by atoms with Gasteiger partial charge >= 0.3 is 0 Å². The van der Waals surface area contributed by atoms with Crippen LogP contribution < -0.4 is 10.6 Å². The van der Waals surface area contributed by atoms with Crippen LogP contribution in [0.2, 0.25) is 5.02 Å². The largest absolute Gasteiger partial charge is 0.373 e. The highest BCUT2D eigenvalue weighted by atomic mass is 35.5. The summed E-state index contributed by atoms with van der Waals surface area (Å²) in [4.78, 5) is 4.11.